The molecular formula is C19H18F3N3O2. The van der Waals surface area contributed by atoms with Crippen molar-refractivity contribution in [2.24, 2.45) is 0 Å². The molecule has 1 heterocycles. The molecule has 0 saturated carbocycles. The zero-order valence-electron chi connectivity index (χ0n) is 14.6. The zero-order valence-corrected chi connectivity index (χ0v) is 14.6. The van der Waals surface area contributed by atoms with Crippen LogP contribution in [0.5, 0.6) is 0 Å². The fourth-order valence-corrected chi connectivity index (χ4v) is 2.79. The molecule has 1 fully saturated rings. The van der Waals surface area contributed by atoms with Crippen LogP contribution in [0.1, 0.15) is 20.7 Å². The average Bonchev–Trinajstić information content (AvgIpc) is 2.67. The van der Waals surface area contributed by atoms with Gasteiger partial charge in [-0.2, -0.15) is 0 Å². The Bertz CT molecular complexity index is 863. The molecule has 5 nitrogen and oxygen atoms in total. The molecule has 0 unspecified atom stereocenters. The number of rotatable bonds is 3. The lowest BCUT2D eigenvalue weighted by Gasteiger charge is -2.32. The van der Waals surface area contributed by atoms with Crippen LogP contribution in [0.4, 0.5) is 18.9 Å². The molecule has 2 aromatic rings. The highest BCUT2D eigenvalue weighted by Gasteiger charge is 2.21. The normalized spacial score (nSPS) is 14.9. The van der Waals surface area contributed by atoms with Gasteiger partial charge in [0.1, 0.15) is 0 Å². The lowest BCUT2D eigenvalue weighted by atomic mass is 10.1. The van der Waals surface area contributed by atoms with Crippen LogP contribution < -0.4 is 5.32 Å². The molecule has 8 heteroatoms. The number of halogens is 3. The summed E-state index contributed by atoms with van der Waals surface area (Å²) in [6, 6.07) is 7.66. The van der Waals surface area contributed by atoms with Crippen molar-refractivity contribution in [1.82, 2.24) is 9.80 Å². The van der Waals surface area contributed by atoms with E-state index in [2.05, 4.69) is 10.2 Å². The number of nitrogens with one attached hydrogen (secondary N) is 1. The first-order valence-corrected chi connectivity index (χ1v) is 8.39. The van der Waals surface area contributed by atoms with Gasteiger partial charge in [-0.1, -0.05) is 0 Å². The molecule has 0 radical (unpaired) electrons. The number of likely N-dealkylation sites (N-methyl/N-ethyl adjacent to an activating group) is 1. The number of nitrogens with zero attached hydrogens (tertiary/aromatic N) is 2. The quantitative estimate of drug-likeness (QED) is 0.837. The van der Waals surface area contributed by atoms with Gasteiger partial charge in [0.05, 0.1) is 5.56 Å². The Morgan fingerprint density at radius 3 is 2.15 bits per heavy atom. The van der Waals surface area contributed by atoms with Crippen LogP contribution in [0, 0.1) is 17.5 Å². The molecule has 1 aliphatic heterocycles. The number of benzene rings is 2. The van der Waals surface area contributed by atoms with Gasteiger partial charge in [0.25, 0.3) is 11.8 Å². The van der Waals surface area contributed by atoms with E-state index in [1.165, 1.54) is 12.1 Å². The second-order valence-electron chi connectivity index (χ2n) is 6.35. The summed E-state index contributed by atoms with van der Waals surface area (Å²) in [5, 5.41) is 2.40. The standard InChI is InChI=1S/C19H18F3N3O2/c1-24-8-10-25(11-9-24)19(27)12-2-4-13(5-3-12)23-18(26)14-6-7-15(20)17(22)16(14)21/h2-7H,8-11H2,1H3,(H,23,26). The molecule has 3 rings (SSSR count). The second-order valence-corrected chi connectivity index (χ2v) is 6.35. The summed E-state index contributed by atoms with van der Waals surface area (Å²) in [4.78, 5) is 28.4. The molecule has 1 N–H and O–H groups in total. The predicted octanol–water partition coefficient (Wildman–Crippen LogP) is 2.74. The minimum atomic E-state index is -1.70. The second kappa shape index (κ2) is 7.79. The first-order valence-electron chi connectivity index (χ1n) is 8.39. The van der Waals surface area contributed by atoms with E-state index in [9.17, 15) is 22.8 Å². The molecule has 0 spiro atoms. The summed E-state index contributed by atoms with van der Waals surface area (Å²) in [7, 11) is 2.00. The van der Waals surface area contributed by atoms with Gasteiger partial charge in [-0.05, 0) is 43.4 Å². The van der Waals surface area contributed by atoms with E-state index >= 15 is 0 Å². The smallest absolute Gasteiger partial charge is 0.258 e. The van der Waals surface area contributed by atoms with Crippen molar-refractivity contribution in [3.63, 3.8) is 0 Å². The summed E-state index contributed by atoms with van der Waals surface area (Å²) in [5.41, 5.74) is 0.169. The van der Waals surface area contributed by atoms with Gasteiger partial charge < -0.3 is 15.1 Å². The van der Waals surface area contributed by atoms with Gasteiger partial charge in [-0.3, -0.25) is 9.59 Å². The van der Waals surface area contributed by atoms with Crippen LogP contribution in [-0.2, 0) is 0 Å². The molecule has 27 heavy (non-hydrogen) atoms. The lowest BCUT2D eigenvalue weighted by Crippen LogP contribution is -2.47. The number of anilines is 1. The Labute approximate surface area is 154 Å². The van der Waals surface area contributed by atoms with E-state index in [4.69, 9.17) is 0 Å². The van der Waals surface area contributed by atoms with Crippen molar-refractivity contribution in [2.75, 3.05) is 38.5 Å². The van der Waals surface area contributed by atoms with Crippen LogP contribution >= 0.6 is 0 Å². The van der Waals surface area contributed by atoms with E-state index < -0.39 is 28.9 Å². The summed E-state index contributed by atoms with van der Waals surface area (Å²) >= 11 is 0. The Balaban J connectivity index is 1.68. The molecule has 0 atom stereocenters. The Kier molecular flexibility index (Phi) is 5.46. The number of hydrogen-bond acceptors (Lipinski definition) is 3. The highest BCUT2D eigenvalue weighted by molar-refractivity contribution is 6.04. The number of carbonyl (C=O) groups is 2. The van der Waals surface area contributed by atoms with E-state index in [1.54, 1.807) is 17.0 Å². The first kappa shape index (κ1) is 18.9. The Hall–Kier alpha value is -2.87. The van der Waals surface area contributed by atoms with Crippen molar-refractivity contribution >= 4 is 17.5 Å². The third kappa shape index (κ3) is 4.11. The maximum absolute atomic E-state index is 13.7. The SMILES string of the molecule is CN1CCN(C(=O)c2ccc(NC(=O)c3ccc(F)c(F)c3F)cc2)CC1. The van der Waals surface area contributed by atoms with E-state index in [0.29, 0.717) is 30.4 Å². The lowest BCUT2D eigenvalue weighted by molar-refractivity contribution is 0.0664. The maximum atomic E-state index is 13.7. The van der Waals surface area contributed by atoms with Crippen molar-refractivity contribution < 1.29 is 22.8 Å². The van der Waals surface area contributed by atoms with Crippen LogP contribution in [0.15, 0.2) is 36.4 Å². The van der Waals surface area contributed by atoms with E-state index in [1.807, 2.05) is 7.05 Å². The number of amides is 2. The van der Waals surface area contributed by atoms with Gasteiger partial charge in [0.2, 0.25) is 0 Å². The fraction of sp³-hybridized carbons (Fsp3) is 0.263. The molecular weight excluding hydrogens is 359 g/mol. The molecule has 2 amide bonds. The van der Waals surface area contributed by atoms with Gasteiger partial charge >= 0.3 is 0 Å². The van der Waals surface area contributed by atoms with Gasteiger partial charge in [0, 0.05) is 37.4 Å². The van der Waals surface area contributed by atoms with Crippen molar-refractivity contribution in [2.45, 2.75) is 0 Å². The highest BCUT2D eigenvalue weighted by atomic mass is 19.2. The monoisotopic (exact) mass is 377 g/mol. The topological polar surface area (TPSA) is 52.6 Å². The highest BCUT2D eigenvalue weighted by Crippen LogP contribution is 2.18. The van der Waals surface area contributed by atoms with Crippen LogP contribution in [0.2, 0.25) is 0 Å². The third-order valence-corrected chi connectivity index (χ3v) is 4.46. The molecule has 0 bridgehead atoms. The molecule has 1 saturated heterocycles. The van der Waals surface area contributed by atoms with Crippen LogP contribution in [0.3, 0.4) is 0 Å². The largest absolute Gasteiger partial charge is 0.336 e. The van der Waals surface area contributed by atoms with E-state index in [0.717, 1.165) is 19.2 Å². The summed E-state index contributed by atoms with van der Waals surface area (Å²) in [6.45, 7) is 2.89. The summed E-state index contributed by atoms with van der Waals surface area (Å²) in [5.74, 6) is -5.63. The summed E-state index contributed by atoms with van der Waals surface area (Å²) in [6.07, 6.45) is 0. The van der Waals surface area contributed by atoms with Crippen molar-refractivity contribution in [1.29, 1.82) is 0 Å². The maximum Gasteiger partial charge on any atom is 0.258 e. The average molecular weight is 377 g/mol. The minimum Gasteiger partial charge on any atom is -0.336 e. The van der Waals surface area contributed by atoms with Gasteiger partial charge in [0.15, 0.2) is 17.5 Å². The summed E-state index contributed by atoms with van der Waals surface area (Å²) < 4.78 is 39.9. The Morgan fingerprint density at radius 1 is 0.889 bits per heavy atom. The van der Waals surface area contributed by atoms with Crippen molar-refractivity contribution in [3.05, 3.63) is 65.0 Å². The molecule has 0 aromatic heterocycles. The molecule has 2 aromatic carbocycles. The predicted molar refractivity (Wildman–Crippen MR) is 94.1 cm³/mol. The van der Waals surface area contributed by atoms with E-state index in [-0.39, 0.29) is 5.91 Å². The zero-order chi connectivity index (χ0) is 19.6. The first-order chi connectivity index (χ1) is 12.9. The van der Waals surface area contributed by atoms with Gasteiger partial charge in [-0.15, -0.1) is 0 Å². The third-order valence-electron chi connectivity index (χ3n) is 4.46. The molecule has 0 aliphatic carbocycles. The molecule has 142 valence electrons. The van der Waals surface area contributed by atoms with Crippen molar-refractivity contribution in [3.8, 4) is 0 Å². The molecule has 1 aliphatic rings. The van der Waals surface area contributed by atoms with Crippen LogP contribution in [-0.4, -0.2) is 54.8 Å². The number of carbonyl (C=O) groups excluding carboxylic acids is 2. The Morgan fingerprint density at radius 2 is 1.52 bits per heavy atom. The fourth-order valence-electron chi connectivity index (χ4n) is 2.79. The van der Waals surface area contributed by atoms with Gasteiger partial charge in [-0.25, -0.2) is 13.2 Å². The van der Waals surface area contributed by atoms with Crippen LogP contribution in [0.25, 0.3) is 0 Å². The number of hydrogen-bond donors (Lipinski definition) is 1. The number of piperazine rings is 1. The minimum absolute atomic E-state index is 0.104.